The topological polar surface area (TPSA) is 12.4 Å². The number of aryl methyl sites for hydroxylation is 1. The molecule has 94 valence electrons. The predicted molar refractivity (Wildman–Crippen MR) is 75.3 cm³/mol. The second kappa shape index (κ2) is 5.67. The van der Waals surface area contributed by atoms with E-state index in [1.807, 2.05) is 6.07 Å². The summed E-state index contributed by atoms with van der Waals surface area (Å²) >= 11 is 1.57. The molecule has 1 aromatic carbocycles. The molecule has 1 rings (SSSR count). The fourth-order valence-electron chi connectivity index (χ4n) is 1.34. The van der Waals surface area contributed by atoms with Crippen LogP contribution in [0.1, 0.15) is 45.2 Å². The maximum atomic E-state index is 13.2. The van der Waals surface area contributed by atoms with Crippen molar-refractivity contribution in [2.45, 2.75) is 45.8 Å². The van der Waals surface area contributed by atoms with Crippen molar-refractivity contribution in [3.8, 4) is 0 Å². The Morgan fingerprint density at radius 1 is 1.35 bits per heavy atom. The maximum Gasteiger partial charge on any atom is 0.126 e. The summed E-state index contributed by atoms with van der Waals surface area (Å²) in [6.07, 6.45) is 0.855. The first-order valence-corrected chi connectivity index (χ1v) is 6.62. The zero-order chi connectivity index (χ0) is 13.1. The van der Waals surface area contributed by atoms with Gasteiger partial charge in [-0.05, 0) is 69.3 Å². The third-order valence-corrected chi connectivity index (χ3v) is 3.12. The van der Waals surface area contributed by atoms with Crippen LogP contribution < -0.4 is 0 Å². The molecule has 1 aromatic rings. The second-order valence-electron chi connectivity index (χ2n) is 5.06. The fraction of sp³-hybridized carbons (Fsp3) is 0.500. The third kappa shape index (κ3) is 4.50. The molecule has 17 heavy (non-hydrogen) atoms. The highest BCUT2D eigenvalue weighted by atomic mass is 32.2. The van der Waals surface area contributed by atoms with E-state index < -0.39 is 0 Å². The quantitative estimate of drug-likeness (QED) is 0.558. The number of benzene rings is 1. The standard InChI is InChI=1S/C14H20FNS/c1-6-13(16-17-14(3,4)5)11-7-8-12(15)10(2)9-11/h7-9H,6H2,1-5H3/b16-13+. The van der Waals surface area contributed by atoms with Gasteiger partial charge in [-0.3, -0.25) is 0 Å². The highest BCUT2D eigenvalue weighted by molar-refractivity contribution is 7.99. The van der Waals surface area contributed by atoms with Gasteiger partial charge >= 0.3 is 0 Å². The second-order valence-corrected chi connectivity index (χ2v) is 6.65. The molecule has 0 fully saturated rings. The molecule has 0 heterocycles. The highest BCUT2D eigenvalue weighted by Gasteiger charge is 2.11. The molecule has 0 aliphatic carbocycles. The van der Waals surface area contributed by atoms with Gasteiger partial charge in [0, 0.05) is 4.75 Å². The van der Waals surface area contributed by atoms with E-state index in [1.165, 1.54) is 6.07 Å². The average molecular weight is 253 g/mol. The van der Waals surface area contributed by atoms with Crippen LogP contribution in [-0.4, -0.2) is 10.5 Å². The van der Waals surface area contributed by atoms with E-state index in [9.17, 15) is 4.39 Å². The molecule has 0 aromatic heterocycles. The molecule has 0 atom stereocenters. The third-order valence-electron chi connectivity index (χ3n) is 2.26. The molecule has 1 nitrogen and oxygen atoms in total. The van der Waals surface area contributed by atoms with Crippen LogP contribution in [0.5, 0.6) is 0 Å². The van der Waals surface area contributed by atoms with Crippen LogP contribution in [0, 0.1) is 12.7 Å². The largest absolute Gasteiger partial charge is 0.220 e. The molecule has 0 radical (unpaired) electrons. The summed E-state index contributed by atoms with van der Waals surface area (Å²) < 4.78 is 17.9. The number of hydrogen-bond acceptors (Lipinski definition) is 2. The van der Waals surface area contributed by atoms with Gasteiger partial charge in [-0.2, -0.15) is 0 Å². The van der Waals surface area contributed by atoms with E-state index in [-0.39, 0.29) is 10.6 Å². The molecule has 0 unspecified atom stereocenters. The molecule has 0 amide bonds. The molecule has 0 saturated heterocycles. The van der Waals surface area contributed by atoms with E-state index in [4.69, 9.17) is 0 Å². The lowest BCUT2D eigenvalue weighted by Gasteiger charge is -2.14. The van der Waals surface area contributed by atoms with Crippen molar-refractivity contribution >= 4 is 17.7 Å². The van der Waals surface area contributed by atoms with E-state index in [1.54, 1.807) is 24.9 Å². The lowest BCUT2D eigenvalue weighted by molar-refractivity contribution is 0.618. The van der Waals surface area contributed by atoms with Gasteiger partial charge in [0.15, 0.2) is 0 Å². The van der Waals surface area contributed by atoms with Crippen molar-refractivity contribution in [2.75, 3.05) is 0 Å². The molecule has 0 bridgehead atoms. The van der Waals surface area contributed by atoms with Gasteiger partial charge in [-0.1, -0.05) is 13.0 Å². The summed E-state index contributed by atoms with van der Waals surface area (Å²) in [4.78, 5) is 0. The van der Waals surface area contributed by atoms with Crippen LogP contribution in [0.3, 0.4) is 0 Å². The highest BCUT2D eigenvalue weighted by Crippen LogP contribution is 2.26. The minimum atomic E-state index is -0.160. The molecule has 0 N–H and O–H groups in total. The minimum absolute atomic E-state index is 0.107. The van der Waals surface area contributed by atoms with Crippen molar-refractivity contribution in [3.63, 3.8) is 0 Å². The summed E-state index contributed by atoms with van der Waals surface area (Å²) in [6.45, 7) is 10.2. The number of nitrogens with zero attached hydrogens (tertiary/aromatic N) is 1. The molecule has 3 heteroatoms. The van der Waals surface area contributed by atoms with Crippen LogP contribution in [-0.2, 0) is 0 Å². The first-order chi connectivity index (χ1) is 7.83. The molecule has 0 saturated carbocycles. The van der Waals surface area contributed by atoms with E-state index >= 15 is 0 Å². The van der Waals surface area contributed by atoms with Crippen LogP contribution in [0.4, 0.5) is 4.39 Å². The van der Waals surface area contributed by atoms with Gasteiger partial charge in [-0.25, -0.2) is 8.79 Å². The Morgan fingerprint density at radius 2 is 2.00 bits per heavy atom. The van der Waals surface area contributed by atoms with Crippen molar-refractivity contribution in [2.24, 2.45) is 4.40 Å². The van der Waals surface area contributed by atoms with Crippen molar-refractivity contribution in [3.05, 3.63) is 35.1 Å². The number of rotatable bonds is 3. The Balaban J connectivity index is 2.97. The van der Waals surface area contributed by atoms with Crippen LogP contribution in [0.25, 0.3) is 0 Å². The van der Waals surface area contributed by atoms with Gasteiger partial charge in [0.2, 0.25) is 0 Å². The Morgan fingerprint density at radius 3 is 2.47 bits per heavy atom. The van der Waals surface area contributed by atoms with Crippen molar-refractivity contribution < 1.29 is 4.39 Å². The molecular formula is C14H20FNS. The maximum absolute atomic E-state index is 13.2. The molecular weight excluding hydrogens is 233 g/mol. The normalized spacial score (nSPS) is 12.9. The zero-order valence-electron chi connectivity index (χ0n) is 11.2. The SMILES string of the molecule is CC/C(=N\SC(C)(C)C)c1ccc(F)c(C)c1. The van der Waals surface area contributed by atoms with Crippen LogP contribution in [0.2, 0.25) is 0 Å². The zero-order valence-corrected chi connectivity index (χ0v) is 12.0. The predicted octanol–water partition coefficient (Wildman–Crippen LogP) is 4.78. The van der Waals surface area contributed by atoms with Crippen LogP contribution in [0.15, 0.2) is 22.6 Å². The smallest absolute Gasteiger partial charge is 0.126 e. The van der Waals surface area contributed by atoms with E-state index in [0.717, 1.165) is 17.7 Å². The monoisotopic (exact) mass is 253 g/mol. The lowest BCUT2D eigenvalue weighted by atomic mass is 10.1. The molecule has 0 aliphatic rings. The lowest BCUT2D eigenvalue weighted by Crippen LogP contribution is -2.07. The Labute approximate surface area is 108 Å². The van der Waals surface area contributed by atoms with Crippen LogP contribution >= 0.6 is 11.9 Å². The van der Waals surface area contributed by atoms with Crippen molar-refractivity contribution in [1.82, 2.24) is 0 Å². The summed E-state index contributed by atoms with van der Waals surface area (Å²) in [6, 6.07) is 5.17. The summed E-state index contributed by atoms with van der Waals surface area (Å²) in [5.74, 6) is -0.160. The minimum Gasteiger partial charge on any atom is -0.220 e. The van der Waals surface area contributed by atoms with Gasteiger partial charge < -0.3 is 0 Å². The van der Waals surface area contributed by atoms with Gasteiger partial charge in [-0.15, -0.1) is 0 Å². The number of halogens is 1. The fourth-order valence-corrected chi connectivity index (χ4v) is 1.96. The summed E-state index contributed by atoms with van der Waals surface area (Å²) in [5, 5.41) is 0. The van der Waals surface area contributed by atoms with E-state index in [0.29, 0.717) is 5.56 Å². The summed E-state index contributed by atoms with van der Waals surface area (Å²) in [5.41, 5.74) is 2.71. The first-order valence-electron chi connectivity index (χ1n) is 5.85. The van der Waals surface area contributed by atoms with Gasteiger partial charge in [0.1, 0.15) is 5.82 Å². The molecule has 0 spiro atoms. The van der Waals surface area contributed by atoms with Gasteiger partial charge in [0.05, 0.1) is 5.71 Å². The average Bonchev–Trinajstić information content (AvgIpc) is 2.22. The Bertz CT molecular complexity index is 419. The van der Waals surface area contributed by atoms with Crippen molar-refractivity contribution in [1.29, 1.82) is 0 Å². The first kappa shape index (κ1) is 14.2. The number of hydrogen-bond donors (Lipinski definition) is 0. The summed E-state index contributed by atoms with van der Waals surface area (Å²) in [7, 11) is 0. The van der Waals surface area contributed by atoms with Gasteiger partial charge in [0.25, 0.3) is 0 Å². The molecule has 0 aliphatic heterocycles. The Hall–Kier alpha value is -0.830. The Kier molecular flexibility index (Phi) is 4.75. The van der Waals surface area contributed by atoms with E-state index in [2.05, 4.69) is 32.1 Å².